The zero-order valence-corrected chi connectivity index (χ0v) is 19.5. The van der Waals surface area contributed by atoms with Crippen molar-refractivity contribution in [3.63, 3.8) is 0 Å². The number of carbonyl (C=O) groups excluding carboxylic acids is 1. The third-order valence-electron chi connectivity index (χ3n) is 7.68. The number of hydrogen-bond donors (Lipinski definition) is 1. The maximum atomic E-state index is 13.5. The molecule has 1 aromatic carbocycles. The molecule has 0 radical (unpaired) electrons. The number of aromatic nitrogens is 3. The number of nitrogens with zero attached hydrogens (tertiary/aromatic N) is 4. The summed E-state index contributed by atoms with van der Waals surface area (Å²) in [6.07, 6.45) is 10.5. The van der Waals surface area contributed by atoms with Crippen molar-refractivity contribution >= 4 is 22.6 Å². The number of likely N-dealkylation sites (tertiary alicyclic amines) is 1. The lowest BCUT2D eigenvalue weighted by Crippen LogP contribution is -2.41. The number of amides is 1. The summed E-state index contributed by atoms with van der Waals surface area (Å²) in [4.78, 5) is 31.5. The fraction of sp³-hybridized carbons (Fsp3) is 0.519. The van der Waals surface area contributed by atoms with Crippen LogP contribution in [0.5, 0.6) is 0 Å². The van der Waals surface area contributed by atoms with Crippen LogP contribution in [0, 0.1) is 12.8 Å². The Kier molecular flexibility index (Phi) is 5.31. The van der Waals surface area contributed by atoms with E-state index >= 15 is 0 Å². The molecule has 33 heavy (non-hydrogen) atoms. The summed E-state index contributed by atoms with van der Waals surface area (Å²) in [7, 11) is 0. The molecule has 6 nitrogen and oxygen atoms in total. The molecule has 1 amide bonds. The number of nitrogens with one attached hydrogen (secondary N) is 1. The van der Waals surface area contributed by atoms with Gasteiger partial charge in [-0.25, -0.2) is 9.97 Å². The van der Waals surface area contributed by atoms with Gasteiger partial charge in [-0.3, -0.25) is 4.79 Å². The molecule has 2 aromatic heterocycles. The molecule has 172 valence electrons. The summed E-state index contributed by atoms with van der Waals surface area (Å²) in [6, 6.07) is 8.18. The Morgan fingerprint density at radius 2 is 1.97 bits per heavy atom. The van der Waals surface area contributed by atoms with Crippen molar-refractivity contribution in [2.75, 3.05) is 24.5 Å². The largest absolute Gasteiger partial charge is 0.361 e. The average molecular weight is 444 g/mol. The molecule has 2 fully saturated rings. The average Bonchev–Trinajstić information content (AvgIpc) is 3.57. The van der Waals surface area contributed by atoms with Crippen LogP contribution >= 0.6 is 0 Å². The van der Waals surface area contributed by atoms with Gasteiger partial charge in [-0.2, -0.15) is 0 Å². The number of aryl methyl sites for hydroxylation is 1. The van der Waals surface area contributed by atoms with Crippen molar-refractivity contribution in [2.24, 2.45) is 5.92 Å². The Bertz CT molecular complexity index is 1180. The Balaban J connectivity index is 1.29. The van der Waals surface area contributed by atoms with Gasteiger partial charge >= 0.3 is 0 Å². The number of rotatable bonds is 5. The van der Waals surface area contributed by atoms with Gasteiger partial charge in [0.05, 0.1) is 12.5 Å². The lowest BCUT2D eigenvalue weighted by Gasteiger charge is -2.37. The van der Waals surface area contributed by atoms with Gasteiger partial charge in [0.1, 0.15) is 5.82 Å². The number of hydrogen-bond acceptors (Lipinski definition) is 4. The van der Waals surface area contributed by atoms with Crippen LogP contribution in [0.25, 0.3) is 10.9 Å². The first-order chi connectivity index (χ1) is 16.2. The van der Waals surface area contributed by atoms with E-state index in [1.165, 1.54) is 24.8 Å². The molecule has 1 N–H and O–H groups in total. The predicted molar refractivity (Wildman–Crippen MR) is 130 cm³/mol. The molecule has 0 spiro atoms. The highest BCUT2D eigenvalue weighted by Gasteiger charge is 2.33. The van der Waals surface area contributed by atoms with Crippen molar-refractivity contribution < 1.29 is 4.79 Å². The van der Waals surface area contributed by atoms with Crippen LogP contribution in [0.4, 0.5) is 5.82 Å². The Labute approximate surface area is 195 Å². The van der Waals surface area contributed by atoms with Crippen LogP contribution in [0.1, 0.15) is 67.2 Å². The summed E-state index contributed by atoms with van der Waals surface area (Å²) >= 11 is 0. The topological polar surface area (TPSA) is 65.1 Å². The fourth-order valence-electron chi connectivity index (χ4n) is 5.69. The maximum Gasteiger partial charge on any atom is 0.227 e. The summed E-state index contributed by atoms with van der Waals surface area (Å²) in [5.74, 6) is 3.00. The van der Waals surface area contributed by atoms with Gasteiger partial charge in [-0.1, -0.05) is 18.2 Å². The summed E-state index contributed by atoms with van der Waals surface area (Å²) in [5, 5.41) is 1.14. The van der Waals surface area contributed by atoms with Crippen molar-refractivity contribution in [3.8, 4) is 0 Å². The minimum atomic E-state index is -0.0230. The van der Waals surface area contributed by atoms with E-state index < -0.39 is 0 Å². The Morgan fingerprint density at radius 3 is 2.85 bits per heavy atom. The van der Waals surface area contributed by atoms with Crippen LogP contribution < -0.4 is 4.90 Å². The smallest absolute Gasteiger partial charge is 0.227 e. The van der Waals surface area contributed by atoms with Crippen molar-refractivity contribution in [1.29, 1.82) is 0 Å². The monoisotopic (exact) mass is 443 g/mol. The Hall–Kier alpha value is -2.89. The first-order valence-corrected chi connectivity index (χ1v) is 12.6. The van der Waals surface area contributed by atoms with Crippen LogP contribution in [0.3, 0.4) is 0 Å². The molecule has 3 aromatic rings. The second-order valence-electron chi connectivity index (χ2n) is 10.1. The third-order valence-corrected chi connectivity index (χ3v) is 7.68. The van der Waals surface area contributed by atoms with E-state index in [1.54, 1.807) is 0 Å². The number of aromatic amines is 1. The summed E-state index contributed by atoms with van der Waals surface area (Å²) in [5.41, 5.74) is 4.57. The lowest BCUT2D eigenvalue weighted by atomic mass is 9.98. The molecule has 0 unspecified atom stereocenters. The van der Waals surface area contributed by atoms with Crippen molar-refractivity contribution in [1.82, 2.24) is 19.9 Å². The molecule has 6 heteroatoms. The number of piperidine rings is 1. The molecule has 1 aliphatic carbocycles. The molecule has 1 atom stereocenters. The lowest BCUT2D eigenvalue weighted by molar-refractivity contribution is -0.134. The second kappa shape index (κ2) is 8.47. The van der Waals surface area contributed by atoms with Gasteiger partial charge in [0.2, 0.25) is 5.91 Å². The van der Waals surface area contributed by atoms with Crippen molar-refractivity contribution in [3.05, 3.63) is 53.1 Å². The van der Waals surface area contributed by atoms with E-state index in [2.05, 4.69) is 33.8 Å². The molecule has 0 bridgehead atoms. The normalized spacial score (nSPS) is 20.8. The van der Waals surface area contributed by atoms with Crippen molar-refractivity contribution in [2.45, 2.75) is 64.3 Å². The van der Waals surface area contributed by atoms with E-state index in [-0.39, 0.29) is 11.9 Å². The zero-order valence-electron chi connectivity index (χ0n) is 19.5. The Morgan fingerprint density at radius 1 is 1.09 bits per heavy atom. The van der Waals surface area contributed by atoms with Gasteiger partial charge in [0.25, 0.3) is 0 Å². The summed E-state index contributed by atoms with van der Waals surface area (Å²) in [6.45, 7) is 5.13. The molecule has 1 saturated carbocycles. The van der Waals surface area contributed by atoms with Crippen LogP contribution in [0.15, 0.2) is 30.5 Å². The molecular weight excluding hydrogens is 410 g/mol. The molecule has 1 saturated heterocycles. The van der Waals surface area contributed by atoms with E-state index in [0.29, 0.717) is 6.42 Å². The van der Waals surface area contributed by atoms with Gasteiger partial charge in [-0.05, 0) is 69.4 Å². The van der Waals surface area contributed by atoms with Gasteiger partial charge in [-0.15, -0.1) is 0 Å². The minimum Gasteiger partial charge on any atom is -0.361 e. The number of fused-ring (bicyclic) bond motifs is 2. The number of benzene rings is 1. The first kappa shape index (κ1) is 20.7. The molecule has 4 heterocycles. The first-order valence-electron chi connectivity index (χ1n) is 12.6. The fourth-order valence-corrected chi connectivity index (χ4v) is 5.69. The molecule has 2 aliphatic heterocycles. The highest BCUT2D eigenvalue weighted by Crippen LogP contribution is 2.37. The van der Waals surface area contributed by atoms with Gasteiger partial charge in [0.15, 0.2) is 5.82 Å². The van der Waals surface area contributed by atoms with Crippen LogP contribution in [0.2, 0.25) is 0 Å². The van der Waals surface area contributed by atoms with E-state index in [0.717, 1.165) is 85.0 Å². The number of H-pyrrole nitrogens is 1. The SMILES string of the molecule is Cc1nc([C@H]2CCCCN2C(=O)Cc2c[nH]c3ccccc23)nc2c1CCCN2CC1CC1. The van der Waals surface area contributed by atoms with E-state index in [9.17, 15) is 4.79 Å². The summed E-state index contributed by atoms with van der Waals surface area (Å²) < 4.78 is 0. The molecule has 6 rings (SSSR count). The second-order valence-corrected chi connectivity index (χ2v) is 10.1. The maximum absolute atomic E-state index is 13.5. The van der Waals surface area contributed by atoms with Crippen LogP contribution in [-0.4, -0.2) is 45.4 Å². The quantitative estimate of drug-likeness (QED) is 0.619. The standard InChI is InChI=1S/C27H33N5O/c1-18-21-8-6-13-31(17-19-11-12-19)27(21)30-26(29-18)24-10-4-5-14-32(24)25(33)15-20-16-28-23-9-3-2-7-22(20)23/h2-3,7,9,16,19,24,28H,4-6,8,10-15,17H2,1H3/t24-/m1/s1. The van der Waals surface area contributed by atoms with E-state index in [1.807, 2.05) is 18.3 Å². The van der Waals surface area contributed by atoms with Gasteiger partial charge in [0, 0.05) is 48.0 Å². The number of para-hydroxylation sites is 1. The highest BCUT2D eigenvalue weighted by atomic mass is 16.2. The van der Waals surface area contributed by atoms with Gasteiger partial charge < -0.3 is 14.8 Å². The third kappa shape index (κ3) is 4.00. The number of anilines is 1. The molecular formula is C27H33N5O. The van der Waals surface area contributed by atoms with Crippen LogP contribution in [-0.2, 0) is 17.6 Å². The number of carbonyl (C=O) groups is 1. The minimum absolute atomic E-state index is 0.0230. The van der Waals surface area contributed by atoms with E-state index in [4.69, 9.17) is 9.97 Å². The highest BCUT2D eigenvalue weighted by molar-refractivity contribution is 5.89. The molecule has 3 aliphatic rings. The zero-order chi connectivity index (χ0) is 22.4. The predicted octanol–water partition coefficient (Wildman–Crippen LogP) is 4.73.